The molecule has 4 nitrogen and oxygen atoms in total. The van der Waals surface area contributed by atoms with E-state index in [-0.39, 0.29) is 23.2 Å². The Hall–Kier alpha value is -1.62. The predicted molar refractivity (Wildman–Crippen MR) is 68.9 cm³/mol. The van der Waals surface area contributed by atoms with Crippen LogP contribution >= 0.6 is 0 Å². The standard InChI is InChI=1S/C13H19FN2O2/c1-3-4-10(8-18-2)16-13(17)9-5-6-12(15)11(14)7-9/h5-7,10H,3-4,8,15H2,1-2H3,(H,16,17). The molecule has 0 aliphatic heterocycles. The highest BCUT2D eigenvalue weighted by Gasteiger charge is 2.14. The molecule has 100 valence electrons. The van der Waals surface area contributed by atoms with E-state index < -0.39 is 5.82 Å². The van der Waals surface area contributed by atoms with Crippen molar-refractivity contribution in [2.75, 3.05) is 19.5 Å². The molecular formula is C13H19FN2O2. The Bertz CT molecular complexity index is 404. The van der Waals surface area contributed by atoms with Crippen LogP contribution < -0.4 is 11.1 Å². The molecule has 1 amide bonds. The smallest absolute Gasteiger partial charge is 0.251 e. The van der Waals surface area contributed by atoms with Crippen LogP contribution in [0.5, 0.6) is 0 Å². The lowest BCUT2D eigenvalue weighted by atomic mass is 10.1. The molecule has 0 bridgehead atoms. The second-order valence-electron chi connectivity index (χ2n) is 4.15. The quantitative estimate of drug-likeness (QED) is 0.763. The van der Waals surface area contributed by atoms with Crippen LogP contribution in [0.25, 0.3) is 0 Å². The van der Waals surface area contributed by atoms with Gasteiger partial charge in [-0.3, -0.25) is 4.79 Å². The number of anilines is 1. The molecule has 3 N–H and O–H groups in total. The third-order valence-corrected chi connectivity index (χ3v) is 2.60. The number of rotatable bonds is 6. The van der Waals surface area contributed by atoms with Gasteiger partial charge in [-0.1, -0.05) is 13.3 Å². The Morgan fingerprint density at radius 1 is 1.56 bits per heavy atom. The van der Waals surface area contributed by atoms with Crippen molar-refractivity contribution in [3.8, 4) is 0 Å². The fraction of sp³-hybridized carbons (Fsp3) is 0.462. The van der Waals surface area contributed by atoms with Gasteiger partial charge in [0.2, 0.25) is 0 Å². The molecule has 0 radical (unpaired) electrons. The van der Waals surface area contributed by atoms with Crippen LogP contribution in [-0.4, -0.2) is 25.7 Å². The predicted octanol–water partition coefficient (Wildman–Crippen LogP) is 1.95. The van der Waals surface area contributed by atoms with E-state index in [1.807, 2.05) is 6.92 Å². The fourth-order valence-corrected chi connectivity index (χ4v) is 1.68. The molecule has 1 aromatic carbocycles. The highest BCUT2D eigenvalue weighted by Crippen LogP contribution is 2.12. The highest BCUT2D eigenvalue weighted by atomic mass is 19.1. The topological polar surface area (TPSA) is 64.3 Å². The molecular weight excluding hydrogens is 235 g/mol. The zero-order valence-electron chi connectivity index (χ0n) is 10.7. The number of ether oxygens (including phenoxy) is 1. The SMILES string of the molecule is CCCC(COC)NC(=O)c1ccc(N)c(F)c1. The molecule has 0 aliphatic carbocycles. The first kappa shape index (κ1) is 14.4. The van der Waals surface area contributed by atoms with Gasteiger partial charge < -0.3 is 15.8 Å². The van der Waals surface area contributed by atoms with Gasteiger partial charge >= 0.3 is 0 Å². The fourth-order valence-electron chi connectivity index (χ4n) is 1.68. The molecule has 1 atom stereocenters. The summed E-state index contributed by atoms with van der Waals surface area (Å²) >= 11 is 0. The van der Waals surface area contributed by atoms with Gasteiger partial charge in [0, 0.05) is 12.7 Å². The number of hydrogen-bond donors (Lipinski definition) is 2. The monoisotopic (exact) mass is 254 g/mol. The van der Waals surface area contributed by atoms with Crippen LogP contribution in [0.1, 0.15) is 30.1 Å². The van der Waals surface area contributed by atoms with Gasteiger partial charge in [-0.15, -0.1) is 0 Å². The number of benzene rings is 1. The zero-order chi connectivity index (χ0) is 13.5. The van der Waals surface area contributed by atoms with Crippen molar-refractivity contribution >= 4 is 11.6 Å². The lowest BCUT2D eigenvalue weighted by molar-refractivity contribution is 0.0891. The van der Waals surface area contributed by atoms with Crippen molar-refractivity contribution in [1.29, 1.82) is 0 Å². The average Bonchev–Trinajstić information content (AvgIpc) is 2.33. The number of halogens is 1. The molecule has 0 saturated carbocycles. The minimum atomic E-state index is -0.582. The van der Waals surface area contributed by atoms with E-state index in [4.69, 9.17) is 10.5 Å². The number of methoxy groups -OCH3 is 1. The van der Waals surface area contributed by atoms with Crippen molar-refractivity contribution in [2.45, 2.75) is 25.8 Å². The molecule has 0 spiro atoms. The van der Waals surface area contributed by atoms with Crippen LogP contribution in [0.4, 0.5) is 10.1 Å². The van der Waals surface area contributed by atoms with Crippen LogP contribution in [-0.2, 0) is 4.74 Å². The second kappa shape index (κ2) is 6.96. The highest BCUT2D eigenvalue weighted by molar-refractivity contribution is 5.94. The van der Waals surface area contributed by atoms with Crippen LogP contribution in [0, 0.1) is 5.82 Å². The maximum absolute atomic E-state index is 13.2. The first-order chi connectivity index (χ1) is 8.58. The van der Waals surface area contributed by atoms with E-state index in [9.17, 15) is 9.18 Å². The van der Waals surface area contributed by atoms with Gasteiger partial charge in [0.15, 0.2) is 0 Å². The molecule has 0 heterocycles. The van der Waals surface area contributed by atoms with Crippen LogP contribution in [0.2, 0.25) is 0 Å². The van der Waals surface area contributed by atoms with Crippen LogP contribution in [0.3, 0.4) is 0 Å². The third-order valence-electron chi connectivity index (χ3n) is 2.60. The van der Waals surface area contributed by atoms with Crippen molar-refractivity contribution in [3.63, 3.8) is 0 Å². The van der Waals surface area contributed by atoms with Crippen LogP contribution in [0.15, 0.2) is 18.2 Å². The Morgan fingerprint density at radius 2 is 2.28 bits per heavy atom. The summed E-state index contributed by atoms with van der Waals surface area (Å²) in [7, 11) is 1.58. The number of nitrogen functional groups attached to an aromatic ring is 1. The molecule has 1 rings (SSSR count). The Morgan fingerprint density at radius 3 is 2.83 bits per heavy atom. The summed E-state index contributed by atoms with van der Waals surface area (Å²) in [5, 5.41) is 2.81. The molecule has 1 unspecified atom stereocenters. The van der Waals surface area contributed by atoms with Gasteiger partial charge in [0.25, 0.3) is 5.91 Å². The zero-order valence-corrected chi connectivity index (χ0v) is 10.7. The van der Waals surface area contributed by atoms with Gasteiger partial charge in [-0.2, -0.15) is 0 Å². The third kappa shape index (κ3) is 4.00. The van der Waals surface area contributed by atoms with Gasteiger partial charge in [-0.25, -0.2) is 4.39 Å². The van der Waals surface area contributed by atoms with Crippen molar-refractivity contribution < 1.29 is 13.9 Å². The maximum Gasteiger partial charge on any atom is 0.251 e. The van der Waals surface area contributed by atoms with Gasteiger partial charge in [-0.05, 0) is 24.6 Å². The summed E-state index contributed by atoms with van der Waals surface area (Å²) in [6.45, 7) is 2.47. The number of carbonyl (C=O) groups excluding carboxylic acids is 1. The Balaban J connectivity index is 2.70. The van der Waals surface area contributed by atoms with Gasteiger partial charge in [0.05, 0.1) is 18.3 Å². The molecule has 5 heteroatoms. The maximum atomic E-state index is 13.2. The molecule has 0 fully saturated rings. The van der Waals surface area contributed by atoms with Gasteiger partial charge in [0.1, 0.15) is 5.82 Å². The van der Waals surface area contributed by atoms with E-state index in [0.29, 0.717) is 6.61 Å². The Labute approximate surface area is 106 Å². The first-order valence-electron chi connectivity index (χ1n) is 5.93. The summed E-state index contributed by atoms with van der Waals surface area (Å²) in [5.41, 5.74) is 5.66. The van der Waals surface area contributed by atoms with E-state index in [0.717, 1.165) is 18.9 Å². The second-order valence-corrected chi connectivity index (χ2v) is 4.15. The number of amides is 1. The largest absolute Gasteiger partial charge is 0.396 e. The lowest BCUT2D eigenvalue weighted by Gasteiger charge is -2.17. The average molecular weight is 254 g/mol. The first-order valence-corrected chi connectivity index (χ1v) is 5.93. The normalized spacial score (nSPS) is 12.2. The van der Waals surface area contributed by atoms with E-state index in [1.165, 1.54) is 12.1 Å². The minimum absolute atomic E-state index is 0.0357. The van der Waals surface area contributed by atoms with Crippen molar-refractivity contribution in [3.05, 3.63) is 29.6 Å². The van der Waals surface area contributed by atoms with Crippen molar-refractivity contribution in [2.24, 2.45) is 0 Å². The van der Waals surface area contributed by atoms with E-state index in [2.05, 4.69) is 5.32 Å². The lowest BCUT2D eigenvalue weighted by Crippen LogP contribution is -2.37. The molecule has 0 aromatic heterocycles. The molecule has 1 aromatic rings. The van der Waals surface area contributed by atoms with E-state index in [1.54, 1.807) is 7.11 Å². The summed E-state index contributed by atoms with van der Waals surface area (Å²) < 4.78 is 18.3. The molecule has 18 heavy (non-hydrogen) atoms. The summed E-state index contributed by atoms with van der Waals surface area (Å²) in [4.78, 5) is 11.9. The number of nitrogens with two attached hydrogens (primary N) is 1. The number of nitrogens with one attached hydrogen (secondary N) is 1. The van der Waals surface area contributed by atoms with E-state index >= 15 is 0 Å². The molecule has 0 saturated heterocycles. The summed E-state index contributed by atoms with van der Waals surface area (Å²) in [6.07, 6.45) is 1.75. The minimum Gasteiger partial charge on any atom is -0.396 e. The summed E-state index contributed by atoms with van der Waals surface area (Å²) in [5.74, 6) is -0.897. The number of carbonyl (C=O) groups is 1. The number of hydrogen-bond acceptors (Lipinski definition) is 3. The summed E-state index contributed by atoms with van der Waals surface area (Å²) in [6, 6.07) is 3.97. The molecule has 0 aliphatic rings. The van der Waals surface area contributed by atoms with Crippen molar-refractivity contribution in [1.82, 2.24) is 5.32 Å². The Kier molecular flexibility index (Phi) is 5.58.